The van der Waals surface area contributed by atoms with Gasteiger partial charge in [-0.05, 0) is 38.1 Å². The molecule has 0 fully saturated rings. The molecule has 3 aromatic rings. The molecule has 0 aliphatic rings. The van der Waals surface area contributed by atoms with Crippen molar-refractivity contribution in [2.24, 2.45) is 0 Å². The maximum Gasteiger partial charge on any atom is 0.573 e. The minimum atomic E-state index is -4.80. The molecule has 3 rings (SSSR count). The number of ether oxygens (including phenoxy) is 2. The maximum atomic E-state index is 12.6. The van der Waals surface area contributed by atoms with Crippen molar-refractivity contribution in [1.82, 2.24) is 24.5 Å². The van der Waals surface area contributed by atoms with Gasteiger partial charge in [-0.3, -0.25) is 9.36 Å². The van der Waals surface area contributed by atoms with E-state index in [2.05, 4.69) is 20.0 Å². The van der Waals surface area contributed by atoms with Crippen LogP contribution in [-0.4, -0.2) is 43.5 Å². The molecule has 0 spiro atoms. The van der Waals surface area contributed by atoms with Crippen LogP contribution in [-0.2, 0) is 9.53 Å². The molecule has 0 saturated carbocycles. The molecule has 28 heavy (non-hydrogen) atoms. The van der Waals surface area contributed by atoms with Crippen LogP contribution in [0.25, 0.3) is 16.9 Å². The predicted molar refractivity (Wildman–Crippen MR) is 88.9 cm³/mol. The monoisotopic (exact) mass is 397 g/mol. The fourth-order valence-corrected chi connectivity index (χ4v) is 2.44. The molecule has 148 valence electrons. The van der Waals surface area contributed by atoms with Crippen LogP contribution in [0.1, 0.15) is 19.9 Å². The molecule has 1 aromatic carbocycles. The highest BCUT2D eigenvalue weighted by atomic mass is 19.4. The van der Waals surface area contributed by atoms with Gasteiger partial charge in [0.1, 0.15) is 18.1 Å². The Labute approximate surface area is 155 Å². The van der Waals surface area contributed by atoms with Gasteiger partial charge in [0, 0.05) is 0 Å². The van der Waals surface area contributed by atoms with E-state index in [1.807, 2.05) is 0 Å². The normalized spacial score (nSPS) is 12.8. The van der Waals surface area contributed by atoms with Crippen molar-refractivity contribution in [3.63, 3.8) is 0 Å². The van der Waals surface area contributed by atoms with Gasteiger partial charge in [-0.2, -0.15) is 4.68 Å². The van der Waals surface area contributed by atoms with Crippen molar-refractivity contribution in [3.8, 4) is 11.4 Å². The first-order chi connectivity index (χ1) is 13.2. The molecule has 2 aromatic heterocycles. The van der Waals surface area contributed by atoms with E-state index in [0.29, 0.717) is 5.69 Å². The van der Waals surface area contributed by atoms with Crippen molar-refractivity contribution in [2.75, 3.05) is 6.61 Å². The third kappa shape index (κ3) is 3.80. The van der Waals surface area contributed by atoms with Gasteiger partial charge >= 0.3 is 12.3 Å². The van der Waals surface area contributed by atoms with Crippen LogP contribution in [0.15, 0.2) is 35.4 Å². The molecule has 0 aliphatic heterocycles. The van der Waals surface area contributed by atoms with Gasteiger partial charge in [0.25, 0.3) is 5.56 Å². The third-order valence-corrected chi connectivity index (χ3v) is 3.75. The molecule has 0 bridgehead atoms. The molecule has 2 heterocycles. The molecular weight excluding hydrogens is 383 g/mol. The second-order valence-electron chi connectivity index (χ2n) is 5.60. The zero-order chi connectivity index (χ0) is 20.5. The molecule has 1 atom stereocenters. The van der Waals surface area contributed by atoms with Gasteiger partial charge in [0.2, 0.25) is 0 Å². The zero-order valence-corrected chi connectivity index (χ0v) is 14.7. The molecular formula is C16H14F3N5O4. The number of nitrogens with zero attached hydrogens (tertiary/aromatic N) is 5. The zero-order valence-electron chi connectivity index (χ0n) is 14.7. The lowest BCUT2D eigenvalue weighted by Crippen LogP contribution is -2.29. The van der Waals surface area contributed by atoms with E-state index in [0.717, 1.165) is 23.0 Å². The number of carbonyl (C=O) groups excluding carboxylic acids is 1. The van der Waals surface area contributed by atoms with E-state index in [4.69, 9.17) is 4.74 Å². The number of hydrogen-bond donors (Lipinski definition) is 0. The standard InChI is InChI=1S/C16H14F3N5O4/c1-3-27-15(26)9(2)23-8-20-13-12(14(23)25)21-22-24(13)10-4-6-11(7-5-10)28-16(17,18)19/h4-9H,3H2,1-2H3/t9-/m0/s1. The van der Waals surface area contributed by atoms with Crippen molar-refractivity contribution < 1.29 is 27.4 Å². The summed E-state index contributed by atoms with van der Waals surface area (Å²) in [4.78, 5) is 28.5. The summed E-state index contributed by atoms with van der Waals surface area (Å²) in [7, 11) is 0. The summed E-state index contributed by atoms with van der Waals surface area (Å²) < 4.78 is 47.7. The highest BCUT2D eigenvalue weighted by molar-refractivity contribution is 5.75. The first-order valence-corrected chi connectivity index (χ1v) is 8.06. The lowest BCUT2D eigenvalue weighted by atomic mass is 10.3. The molecule has 0 unspecified atom stereocenters. The summed E-state index contributed by atoms with van der Waals surface area (Å²) in [6.07, 6.45) is -3.64. The van der Waals surface area contributed by atoms with Crippen LogP contribution in [0.5, 0.6) is 5.75 Å². The lowest BCUT2D eigenvalue weighted by Gasteiger charge is -2.12. The van der Waals surface area contributed by atoms with Crippen LogP contribution < -0.4 is 10.3 Å². The fraction of sp³-hybridized carbons (Fsp3) is 0.312. The van der Waals surface area contributed by atoms with Crippen molar-refractivity contribution in [3.05, 3.63) is 40.9 Å². The quantitative estimate of drug-likeness (QED) is 0.607. The smallest absolute Gasteiger partial charge is 0.464 e. The van der Waals surface area contributed by atoms with E-state index in [9.17, 15) is 22.8 Å². The van der Waals surface area contributed by atoms with Crippen LogP contribution in [0.3, 0.4) is 0 Å². The van der Waals surface area contributed by atoms with Crippen molar-refractivity contribution >= 4 is 17.1 Å². The Balaban J connectivity index is 1.96. The second-order valence-corrected chi connectivity index (χ2v) is 5.60. The number of aromatic nitrogens is 5. The van der Waals surface area contributed by atoms with Gasteiger partial charge in [0.15, 0.2) is 11.2 Å². The number of halogens is 3. The minimum absolute atomic E-state index is 0.0850. The Morgan fingerprint density at radius 2 is 1.93 bits per heavy atom. The first kappa shape index (κ1) is 19.3. The van der Waals surface area contributed by atoms with Crippen LogP contribution >= 0.6 is 0 Å². The average molecular weight is 397 g/mol. The minimum Gasteiger partial charge on any atom is -0.464 e. The summed E-state index contributed by atoms with van der Waals surface area (Å²) >= 11 is 0. The van der Waals surface area contributed by atoms with Gasteiger partial charge in [-0.25, -0.2) is 9.78 Å². The van der Waals surface area contributed by atoms with E-state index < -0.39 is 29.7 Å². The molecule has 12 heteroatoms. The second kappa shape index (κ2) is 7.29. The van der Waals surface area contributed by atoms with Gasteiger partial charge in [-0.1, -0.05) is 5.21 Å². The summed E-state index contributed by atoms with van der Waals surface area (Å²) in [6, 6.07) is 3.90. The number of esters is 1. The lowest BCUT2D eigenvalue weighted by molar-refractivity contribution is -0.274. The Kier molecular flexibility index (Phi) is 5.03. The number of carbonyl (C=O) groups is 1. The van der Waals surface area contributed by atoms with E-state index in [1.165, 1.54) is 23.7 Å². The Morgan fingerprint density at radius 3 is 2.54 bits per heavy atom. The molecule has 0 amide bonds. The van der Waals surface area contributed by atoms with Crippen molar-refractivity contribution in [1.29, 1.82) is 0 Å². The summed E-state index contributed by atoms with van der Waals surface area (Å²) in [6.45, 7) is 3.29. The van der Waals surface area contributed by atoms with Gasteiger partial charge < -0.3 is 9.47 Å². The fourth-order valence-electron chi connectivity index (χ4n) is 2.44. The highest BCUT2D eigenvalue weighted by Crippen LogP contribution is 2.24. The summed E-state index contributed by atoms with van der Waals surface area (Å²) in [5.41, 5.74) is -0.301. The Morgan fingerprint density at radius 1 is 1.25 bits per heavy atom. The molecule has 9 nitrogen and oxygen atoms in total. The molecule has 0 radical (unpaired) electrons. The number of hydrogen-bond acceptors (Lipinski definition) is 7. The number of benzene rings is 1. The van der Waals surface area contributed by atoms with E-state index in [1.54, 1.807) is 6.92 Å². The van der Waals surface area contributed by atoms with Gasteiger partial charge in [0.05, 0.1) is 12.3 Å². The molecule has 0 saturated heterocycles. The number of fused-ring (bicyclic) bond motifs is 1. The maximum absolute atomic E-state index is 12.6. The third-order valence-electron chi connectivity index (χ3n) is 3.75. The number of rotatable bonds is 5. The molecule has 0 N–H and O–H groups in total. The highest BCUT2D eigenvalue weighted by Gasteiger charge is 2.31. The van der Waals surface area contributed by atoms with Gasteiger partial charge in [-0.15, -0.1) is 18.3 Å². The Hall–Kier alpha value is -3.44. The van der Waals surface area contributed by atoms with Crippen LogP contribution in [0.2, 0.25) is 0 Å². The topological polar surface area (TPSA) is 101 Å². The predicted octanol–water partition coefficient (Wildman–Crippen LogP) is 2.00. The summed E-state index contributed by atoms with van der Waals surface area (Å²) in [5.74, 6) is -1.00. The van der Waals surface area contributed by atoms with E-state index >= 15 is 0 Å². The first-order valence-electron chi connectivity index (χ1n) is 8.06. The summed E-state index contributed by atoms with van der Waals surface area (Å²) in [5, 5.41) is 7.60. The molecule has 0 aliphatic carbocycles. The SMILES string of the molecule is CCOC(=O)[C@H](C)n1cnc2c(nnn2-c2ccc(OC(F)(F)F)cc2)c1=O. The van der Waals surface area contributed by atoms with E-state index in [-0.39, 0.29) is 17.8 Å². The Bertz CT molecular complexity index is 1060. The number of alkyl halides is 3. The van der Waals surface area contributed by atoms with Crippen molar-refractivity contribution in [2.45, 2.75) is 26.3 Å². The van der Waals surface area contributed by atoms with Crippen LogP contribution in [0, 0.1) is 0 Å². The van der Waals surface area contributed by atoms with Crippen LogP contribution in [0.4, 0.5) is 13.2 Å². The largest absolute Gasteiger partial charge is 0.573 e. The average Bonchev–Trinajstić information content (AvgIpc) is 3.06.